The Kier molecular flexibility index (Phi) is 4.36. The van der Waals surface area contributed by atoms with Gasteiger partial charge in [0, 0.05) is 24.9 Å². The fourth-order valence-corrected chi connectivity index (χ4v) is 3.00. The first kappa shape index (κ1) is 12.9. The average molecular weight is 260 g/mol. The van der Waals surface area contributed by atoms with Crippen molar-refractivity contribution < 1.29 is 4.74 Å². The van der Waals surface area contributed by atoms with Gasteiger partial charge in [-0.25, -0.2) is 0 Å². The summed E-state index contributed by atoms with van der Waals surface area (Å²) in [5.74, 6) is 0. The Morgan fingerprint density at radius 2 is 1.89 bits per heavy atom. The maximum atomic E-state index is 5.50. The molecule has 3 rings (SSSR count). The van der Waals surface area contributed by atoms with E-state index >= 15 is 0 Å². The third kappa shape index (κ3) is 3.71. The van der Waals surface area contributed by atoms with Gasteiger partial charge in [0.15, 0.2) is 0 Å². The van der Waals surface area contributed by atoms with Gasteiger partial charge in [-0.15, -0.1) is 0 Å². The van der Waals surface area contributed by atoms with E-state index in [4.69, 9.17) is 4.74 Å². The molecule has 0 aliphatic carbocycles. The minimum atomic E-state index is 0.484. The molecule has 0 amide bonds. The Labute approximate surface area is 115 Å². The Morgan fingerprint density at radius 1 is 1.11 bits per heavy atom. The molecule has 104 valence electrons. The molecule has 0 saturated carbocycles. The highest BCUT2D eigenvalue weighted by Crippen LogP contribution is 2.17. The van der Waals surface area contributed by atoms with Gasteiger partial charge in [-0.2, -0.15) is 0 Å². The topological polar surface area (TPSA) is 24.5 Å². The average Bonchev–Trinajstić information content (AvgIpc) is 2.95. The van der Waals surface area contributed by atoms with Crippen LogP contribution in [-0.4, -0.2) is 37.2 Å². The van der Waals surface area contributed by atoms with Crippen LogP contribution >= 0.6 is 0 Å². The summed E-state index contributed by atoms with van der Waals surface area (Å²) < 4.78 is 5.50. The van der Waals surface area contributed by atoms with Crippen molar-refractivity contribution in [1.29, 1.82) is 0 Å². The molecule has 0 bridgehead atoms. The lowest BCUT2D eigenvalue weighted by Gasteiger charge is -2.24. The predicted molar refractivity (Wildman–Crippen MR) is 78.4 cm³/mol. The van der Waals surface area contributed by atoms with Crippen molar-refractivity contribution >= 4 is 5.69 Å². The highest BCUT2D eigenvalue weighted by molar-refractivity contribution is 5.45. The van der Waals surface area contributed by atoms with Crippen LogP contribution in [0.25, 0.3) is 0 Å². The molecular formula is C16H24N2O. The van der Waals surface area contributed by atoms with E-state index in [1.165, 1.54) is 50.0 Å². The van der Waals surface area contributed by atoms with Gasteiger partial charge in [0.25, 0.3) is 0 Å². The maximum absolute atomic E-state index is 5.50. The van der Waals surface area contributed by atoms with Crippen molar-refractivity contribution in [2.75, 3.05) is 31.6 Å². The van der Waals surface area contributed by atoms with Crippen LogP contribution in [0.2, 0.25) is 0 Å². The molecule has 1 atom stereocenters. The number of likely N-dealkylation sites (tertiary alicyclic amines) is 1. The van der Waals surface area contributed by atoms with Crippen molar-refractivity contribution in [2.45, 2.75) is 38.3 Å². The molecule has 2 aliphatic heterocycles. The van der Waals surface area contributed by atoms with Gasteiger partial charge >= 0.3 is 0 Å². The van der Waals surface area contributed by atoms with E-state index in [0.717, 1.165) is 19.8 Å². The van der Waals surface area contributed by atoms with Crippen LogP contribution in [0.1, 0.15) is 31.2 Å². The largest absolute Gasteiger partial charge is 0.380 e. The number of anilines is 1. The fraction of sp³-hybridized carbons (Fsp3) is 0.625. The summed E-state index contributed by atoms with van der Waals surface area (Å²) in [4.78, 5) is 2.54. The van der Waals surface area contributed by atoms with Gasteiger partial charge in [-0.3, -0.25) is 4.90 Å². The highest BCUT2D eigenvalue weighted by atomic mass is 16.5. The zero-order valence-corrected chi connectivity index (χ0v) is 11.6. The summed E-state index contributed by atoms with van der Waals surface area (Å²) in [6.45, 7) is 5.40. The van der Waals surface area contributed by atoms with Gasteiger partial charge in [-0.1, -0.05) is 12.1 Å². The van der Waals surface area contributed by atoms with Gasteiger partial charge in [0.2, 0.25) is 0 Å². The van der Waals surface area contributed by atoms with E-state index < -0.39 is 0 Å². The normalized spacial score (nSPS) is 24.5. The predicted octanol–water partition coefficient (Wildman–Crippen LogP) is 2.87. The molecule has 3 nitrogen and oxygen atoms in total. The molecule has 2 heterocycles. The first-order valence-electron chi connectivity index (χ1n) is 7.56. The Balaban J connectivity index is 1.52. The molecule has 1 unspecified atom stereocenters. The van der Waals surface area contributed by atoms with Gasteiger partial charge in [0.1, 0.15) is 0 Å². The van der Waals surface area contributed by atoms with E-state index in [1.807, 2.05) is 0 Å². The van der Waals surface area contributed by atoms with Gasteiger partial charge in [-0.05, 0) is 56.5 Å². The molecular weight excluding hydrogens is 236 g/mol. The fourth-order valence-electron chi connectivity index (χ4n) is 3.00. The lowest BCUT2D eigenvalue weighted by atomic mass is 10.1. The minimum Gasteiger partial charge on any atom is -0.380 e. The van der Waals surface area contributed by atoms with Crippen LogP contribution in [0.4, 0.5) is 5.69 Å². The van der Waals surface area contributed by atoms with Crippen molar-refractivity contribution in [3.05, 3.63) is 29.8 Å². The van der Waals surface area contributed by atoms with E-state index in [-0.39, 0.29) is 0 Å². The molecule has 0 aromatic heterocycles. The maximum Gasteiger partial charge on any atom is 0.0667 e. The molecule has 0 spiro atoms. The number of nitrogens with zero attached hydrogens (tertiary/aromatic N) is 1. The number of hydrogen-bond acceptors (Lipinski definition) is 3. The second-order valence-corrected chi connectivity index (χ2v) is 5.74. The molecule has 1 aromatic carbocycles. The van der Waals surface area contributed by atoms with Crippen molar-refractivity contribution in [3.63, 3.8) is 0 Å². The third-order valence-electron chi connectivity index (χ3n) is 4.09. The summed E-state index contributed by atoms with van der Waals surface area (Å²) in [6, 6.07) is 9.41. The van der Waals surface area contributed by atoms with E-state index in [2.05, 4.69) is 34.5 Å². The first-order valence-corrected chi connectivity index (χ1v) is 7.56. The standard InChI is InChI=1S/C16H24N2O/c1-2-10-18(9-1)12-14-5-7-15(8-6-14)17-16-4-3-11-19-13-16/h5-8,16-17H,1-4,9-13H2. The molecule has 0 radical (unpaired) electrons. The smallest absolute Gasteiger partial charge is 0.0667 e. The van der Waals surface area contributed by atoms with Crippen LogP contribution < -0.4 is 5.32 Å². The summed E-state index contributed by atoms with van der Waals surface area (Å²) >= 11 is 0. The minimum absolute atomic E-state index is 0.484. The lowest BCUT2D eigenvalue weighted by Crippen LogP contribution is -2.29. The second-order valence-electron chi connectivity index (χ2n) is 5.74. The van der Waals surface area contributed by atoms with Crippen LogP contribution in [-0.2, 0) is 11.3 Å². The van der Waals surface area contributed by atoms with Crippen LogP contribution in [0.3, 0.4) is 0 Å². The quantitative estimate of drug-likeness (QED) is 0.901. The summed E-state index contributed by atoms with van der Waals surface area (Å²) in [5.41, 5.74) is 2.65. The number of nitrogens with one attached hydrogen (secondary N) is 1. The monoisotopic (exact) mass is 260 g/mol. The molecule has 2 saturated heterocycles. The van der Waals surface area contributed by atoms with Crippen molar-refractivity contribution in [1.82, 2.24) is 4.90 Å². The zero-order valence-electron chi connectivity index (χ0n) is 11.6. The van der Waals surface area contributed by atoms with E-state index in [9.17, 15) is 0 Å². The highest BCUT2D eigenvalue weighted by Gasteiger charge is 2.14. The van der Waals surface area contributed by atoms with Crippen LogP contribution in [0, 0.1) is 0 Å². The van der Waals surface area contributed by atoms with E-state index in [0.29, 0.717) is 6.04 Å². The molecule has 2 fully saturated rings. The number of rotatable bonds is 4. The first-order chi connectivity index (χ1) is 9.40. The Hall–Kier alpha value is -1.06. The summed E-state index contributed by atoms with van der Waals surface area (Å²) in [7, 11) is 0. The van der Waals surface area contributed by atoms with Crippen molar-refractivity contribution in [2.24, 2.45) is 0 Å². The van der Waals surface area contributed by atoms with Crippen LogP contribution in [0.5, 0.6) is 0 Å². The zero-order chi connectivity index (χ0) is 12.9. The molecule has 1 aromatic rings. The Bertz CT molecular complexity index is 378. The van der Waals surface area contributed by atoms with E-state index in [1.54, 1.807) is 0 Å². The summed E-state index contributed by atoms with van der Waals surface area (Å²) in [5, 5.41) is 3.56. The second kappa shape index (κ2) is 6.40. The molecule has 19 heavy (non-hydrogen) atoms. The Morgan fingerprint density at radius 3 is 2.58 bits per heavy atom. The van der Waals surface area contributed by atoms with Crippen molar-refractivity contribution in [3.8, 4) is 0 Å². The lowest BCUT2D eigenvalue weighted by molar-refractivity contribution is 0.0876. The summed E-state index contributed by atoms with van der Waals surface area (Å²) in [6.07, 6.45) is 5.11. The number of ether oxygens (including phenoxy) is 1. The number of benzene rings is 1. The number of hydrogen-bond donors (Lipinski definition) is 1. The molecule has 1 N–H and O–H groups in total. The molecule has 2 aliphatic rings. The van der Waals surface area contributed by atoms with Gasteiger partial charge in [0.05, 0.1) is 6.61 Å². The van der Waals surface area contributed by atoms with Crippen LogP contribution in [0.15, 0.2) is 24.3 Å². The third-order valence-corrected chi connectivity index (χ3v) is 4.09. The molecule has 3 heteroatoms. The SMILES string of the molecule is c1cc(NC2CCCOC2)ccc1CN1CCCC1. The van der Waals surface area contributed by atoms with Gasteiger partial charge < -0.3 is 10.1 Å².